The number of carbonyl (C=O) groups is 1. The average Bonchev–Trinajstić information content (AvgIpc) is 2.56. The summed E-state index contributed by atoms with van der Waals surface area (Å²) in [5, 5.41) is 2.00. The molecule has 0 saturated carbocycles. The van der Waals surface area contributed by atoms with Gasteiger partial charge < -0.3 is 10.2 Å². The molecule has 0 aliphatic rings. The van der Waals surface area contributed by atoms with Crippen LogP contribution in [0.4, 0.5) is 5.69 Å². The molecular formula is C19H22N2O2. The Morgan fingerprint density at radius 3 is 2.30 bits per heavy atom. The largest absolute Gasteiger partial charge is 0.463 e. The number of rotatable bonds is 7. The molecule has 0 amide bonds. The number of anilines is 1. The van der Waals surface area contributed by atoms with E-state index >= 15 is 0 Å². The molecule has 0 fully saturated rings. The molecule has 0 spiro atoms. The number of carbonyl (C=O) groups excluding carboxylic acids is 1. The SMILES string of the molecule is CCOC(=O)/C=C(\C)NN(Cc1ccccc1)c1ccccc1. The Kier molecular flexibility index (Phi) is 6.24. The van der Waals surface area contributed by atoms with Crippen LogP contribution in [-0.4, -0.2) is 12.6 Å². The highest BCUT2D eigenvalue weighted by molar-refractivity contribution is 5.82. The maximum absolute atomic E-state index is 11.6. The van der Waals surface area contributed by atoms with Crippen molar-refractivity contribution < 1.29 is 9.53 Å². The molecule has 2 aromatic carbocycles. The molecule has 2 aromatic rings. The van der Waals surface area contributed by atoms with Gasteiger partial charge in [-0.2, -0.15) is 0 Å². The van der Waals surface area contributed by atoms with Crippen molar-refractivity contribution in [2.45, 2.75) is 20.4 Å². The fourth-order valence-corrected chi connectivity index (χ4v) is 2.18. The molecule has 0 heterocycles. The van der Waals surface area contributed by atoms with Crippen LogP contribution in [-0.2, 0) is 16.1 Å². The summed E-state index contributed by atoms with van der Waals surface area (Å²) in [6.45, 7) is 4.69. The first-order chi connectivity index (χ1) is 11.2. The molecule has 0 aliphatic carbocycles. The summed E-state index contributed by atoms with van der Waals surface area (Å²) in [6, 6.07) is 20.2. The van der Waals surface area contributed by atoms with E-state index in [1.54, 1.807) is 6.92 Å². The highest BCUT2D eigenvalue weighted by Crippen LogP contribution is 2.15. The summed E-state index contributed by atoms with van der Waals surface area (Å²) >= 11 is 0. The van der Waals surface area contributed by atoms with Gasteiger partial charge in [-0.1, -0.05) is 48.5 Å². The normalized spacial score (nSPS) is 11.0. The van der Waals surface area contributed by atoms with Crippen LogP contribution in [0.5, 0.6) is 0 Å². The molecule has 0 radical (unpaired) electrons. The summed E-state index contributed by atoms with van der Waals surface area (Å²) in [5.41, 5.74) is 6.19. The number of hydrogen-bond donors (Lipinski definition) is 1. The van der Waals surface area contributed by atoms with E-state index in [1.165, 1.54) is 11.6 Å². The lowest BCUT2D eigenvalue weighted by Gasteiger charge is -2.27. The van der Waals surface area contributed by atoms with Crippen LogP contribution in [0, 0.1) is 0 Å². The van der Waals surface area contributed by atoms with Crippen LogP contribution in [0.15, 0.2) is 72.4 Å². The first kappa shape index (κ1) is 16.6. The highest BCUT2D eigenvalue weighted by Gasteiger charge is 2.08. The van der Waals surface area contributed by atoms with Crippen LogP contribution >= 0.6 is 0 Å². The number of hydrogen-bond acceptors (Lipinski definition) is 4. The third-order valence-electron chi connectivity index (χ3n) is 3.18. The van der Waals surface area contributed by atoms with E-state index in [4.69, 9.17) is 4.74 Å². The highest BCUT2D eigenvalue weighted by atomic mass is 16.5. The lowest BCUT2D eigenvalue weighted by Crippen LogP contribution is -2.36. The molecule has 0 aliphatic heterocycles. The minimum Gasteiger partial charge on any atom is -0.463 e. The van der Waals surface area contributed by atoms with E-state index in [1.807, 2.05) is 60.5 Å². The summed E-state index contributed by atoms with van der Waals surface area (Å²) < 4.78 is 4.94. The van der Waals surface area contributed by atoms with Gasteiger partial charge in [0.15, 0.2) is 0 Å². The van der Waals surface area contributed by atoms with Crippen LogP contribution in [0.2, 0.25) is 0 Å². The molecule has 0 bridgehead atoms. The standard InChI is InChI=1S/C19H22N2O2/c1-3-23-19(22)14-16(2)20-21(18-12-8-5-9-13-18)15-17-10-6-4-7-11-17/h4-14,20H,3,15H2,1-2H3/b16-14+. The molecule has 2 rings (SSSR count). The van der Waals surface area contributed by atoms with Crippen molar-refractivity contribution in [1.29, 1.82) is 0 Å². The second-order valence-corrected chi connectivity index (χ2v) is 5.10. The van der Waals surface area contributed by atoms with Gasteiger partial charge in [-0.15, -0.1) is 0 Å². The van der Waals surface area contributed by atoms with Crippen molar-refractivity contribution in [3.63, 3.8) is 0 Å². The first-order valence-corrected chi connectivity index (χ1v) is 7.67. The van der Waals surface area contributed by atoms with Gasteiger partial charge >= 0.3 is 5.97 Å². The average molecular weight is 310 g/mol. The number of hydrazine groups is 1. The Labute approximate surface area is 137 Å². The topological polar surface area (TPSA) is 41.6 Å². The van der Waals surface area contributed by atoms with Gasteiger partial charge in [0.05, 0.1) is 18.8 Å². The molecule has 0 aromatic heterocycles. The summed E-state index contributed by atoms with van der Waals surface area (Å²) in [7, 11) is 0. The molecule has 0 saturated heterocycles. The third kappa shape index (κ3) is 5.51. The monoisotopic (exact) mass is 310 g/mol. The van der Waals surface area contributed by atoms with E-state index in [9.17, 15) is 4.79 Å². The van der Waals surface area contributed by atoms with Crippen molar-refractivity contribution in [1.82, 2.24) is 5.43 Å². The number of nitrogens with one attached hydrogen (secondary N) is 1. The van der Waals surface area contributed by atoms with Gasteiger partial charge in [-0.05, 0) is 31.5 Å². The zero-order valence-electron chi connectivity index (χ0n) is 13.5. The lowest BCUT2D eigenvalue weighted by molar-refractivity contribution is -0.137. The van der Waals surface area contributed by atoms with Crippen molar-refractivity contribution in [3.8, 4) is 0 Å². The van der Waals surface area contributed by atoms with Crippen molar-refractivity contribution in [3.05, 3.63) is 78.0 Å². The van der Waals surface area contributed by atoms with Gasteiger partial charge in [-0.25, -0.2) is 4.79 Å². The molecule has 23 heavy (non-hydrogen) atoms. The van der Waals surface area contributed by atoms with Gasteiger partial charge in [-0.3, -0.25) is 5.01 Å². The van der Waals surface area contributed by atoms with Crippen LogP contribution in [0.25, 0.3) is 0 Å². The maximum atomic E-state index is 11.6. The van der Waals surface area contributed by atoms with Crippen LogP contribution < -0.4 is 10.4 Å². The van der Waals surface area contributed by atoms with Gasteiger partial charge in [0.2, 0.25) is 0 Å². The summed E-state index contributed by atoms with van der Waals surface area (Å²) in [6.07, 6.45) is 1.46. The van der Waals surface area contributed by atoms with E-state index in [2.05, 4.69) is 17.6 Å². The van der Waals surface area contributed by atoms with E-state index in [-0.39, 0.29) is 5.97 Å². The second kappa shape index (κ2) is 8.63. The Balaban J connectivity index is 2.15. The quantitative estimate of drug-likeness (QED) is 0.481. The molecular weight excluding hydrogens is 288 g/mol. The predicted molar refractivity (Wildman–Crippen MR) is 92.6 cm³/mol. The number of benzene rings is 2. The van der Waals surface area contributed by atoms with Crippen molar-refractivity contribution in [2.75, 3.05) is 11.6 Å². The summed E-state index contributed by atoms with van der Waals surface area (Å²) in [4.78, 5) is 11.6. The number of allylic oxidation sites excluding steroid dienone is 1. The fourth-order valence-electron chi connectivity index (χ4n) is 2.18. The lowest BCUT2D eigenvalue weighted by atomic mass is 10.2. The zero-order valence-corrected chi connectivity index (χ0v) is 13.5. The summed E-state index contributed by atoms with van der Waals surface area (Å²) in [5.74, 6) is -0.342. The van der Waals surface area contributed by atoms with E-state index in [0.29, 0.717) is 13.2 Å². The smallest absolute Gasteiger partial charge is 0.332 e. The first-order valence-electron chi connectivity index (χ1n) is 7.67. The van der Waals surface area contributed by atoms with Crippen molar-refractivity contribution in [2.24, 2.45) is 0 Å². The predicted octanol–water partition coefficient (Wildman–Crippen LogP) is 3.66. The second-order valence-electron chi connectivity index (χ2n) is 5.10. The van der Waals surface area contributed by atoms with Gasteiger partial charge in [0.1, 0.15) is 0 Å². The molecule has 0 unspecified atom stereocenters. The Morgan fingerprint density at radius 2 is 1.70 bits per heavy atom. The number of esters is 1. The number of ether oxygens (including phenoxy) is 1. The minimum atomic E-state index is -0.342. The third-order valence-corrected chi connectivity index (χ3v) is 3.18. The van der Waals surface area contributed by atoms with Crippen LogP contribution in [0.1, 0.15) is 19.4 Å². The van der Waals surface area contributed by atoms with Crippen LogP contribution in [0.3, 0.4) is 0 Å². The maximum Gasteiger partial charge on any atom is 0.332 e. The molecule has 4 nitrogen and oxygen atoms in total. The molecule has 1 N–H and O–H groups in total. The van der Waals surface area contributed by atoms with E-state index < -0.39 is 0 Å². The van der Waals surface area contributed by atoms with Gasteiger partial charge in [0.25, 0.3) is 0 Å². The number of nitrogens with zero attached hydrogens (tertiary/aromatic N) is 1. The van der Waals surface area contributed by atoms with E-state index in [0.717, 1.165) is 11.4 Å². The Hall–Kier alpha value is -2.75. The molecule has 4 heteroatoms. The Morgan fingerprint density at radius 1 is 1.09 bits per heavy atom. The minimum absolute atomic E-state index is 0.342. The van der Waals surface area contributed by atoms with Gasteiger partial charge in [0, 0.05) is 11.8 Å². The molecule has 0 atom stereocenters. The Bertz CT molecular complexity index is 639. The number of para-hydroxylation sites is 1. The van der Waals surface area contributed by atoms with Crippen molar-refractivity contribution >= 4 is 11.7 Å². The fraction of sp³-hybridized carbons (Fsp3) is 0.211. The zero-order chi connectivity index (χ0) is 16.5. The molecule has 120 valence electrons.